The lowest BCUT2D eigenvalue weighted by Gasteiger charge is -2.44. The topological polar surface area (TPSA) is 68.6 Å². The van der Waals surface area contributed by atoms with Crippen LogP contribution < -0.4 is 9.91 Å². The maximum absolute atomic E-state index is 13.0. The number of thioether (sulfide) groups is 1. The molecule has 3 aromatic carbocycles. The van der Waals surface area contributed by atoms with Crippen molar-refractivity contribution >= 4 is 45.7 Å². The Morgan fingerprint density at radius 2 is 1.30 bits per heavy atom. The first-order valence-corrected chi connectivity index (χ1v) is 11.3. The third-order valence-corrected chi connectivity index (χ3v) is 6.69. The summed E-state index contributed by atoms with van der Waals surface area (Å²) in [5, 5.41) is 11.6. The van der Waals surface area contributed by atoms with Crippen molar-refractivity contribution in [3.63, 3.8) is 0 Å². The number of amidine groups is 1. The molecule has 0 saturated carbocycles. The molecule has 1 amide bonds. The van der Waals surface area contributed by atoms with E-state index in [2.05, 4.69) is 5.10 Å². The van der Waals surface area contributed by atoms with Crippen LogP contribution in [0.5, 0.6) is 0 Å². The summed E-state index contributed by atoms with van der Waals surface area (Å²) < 4.78 is 0. The molecule has 0 bridgehead atoms. The fourth-order valence-electron chi connectivity index (χ4n) is 3.91. The van der Waals surface area contributed by atoms with Crippen molar-refractivity contribution in [1.82, 2.24) is 5.01 Å². The zero-order valence-electron chi connectivity index (χ0n) is 18.1. The Kier molecular flexibility index (Phi) is 5.22. The zero-order chi connectivity index (χ0) is 23.0. The predicted octanol–water partition coefficient (Wildman–Crippen LogP) is 4.48. The van der Waals surface area contributed by atoms with Gasteiger partial charge in [-0.3, -0.25) is 14.5 Å². The van der Waals surface area contributed by atoms with E-state index in [1.165, 1.54) is 30.6 Å². The number of carbonyl (C=O) groups excluding carboxylic acids is 2. The summed E-state index contributed by atoms with van der Waals surface area (Å²) in [6.45, 7) is 2.95. The molecule has 5 rings (SSSR count). The number of carbonyl (C=O) groups is 2. The molecule has 0 aromatic heterocycles. The molecule has 2 aliphatic rings. The largest absolute Gasteiger partial charge is 0.296 e. The van der Waals surface area contributed by atoms with Gasteiger partial charge in [0, 0.05) is 25.1 Å². The molecule has 7 nitrogen and oxygen atoms in total. The minimum Gasteiger partial charge on any atom is -0.292 e. The van der Waals surface area contributed by atoms with Crippen molar-refractivity contribution in [3.8, 4) is 0 Å². The van der Waals surface area contributed by atoms with Crippen LogP contribution in [0, 0.1) is 0 Å². The van der Waals surface area contributed by atoms with Gasteiger partial charge in [-0.25, -0.2) is 5.01 Å². The van der Waals surface area contributed by atoms with Crippen LogP contribution in [0.3, 0.4) is 0 Å². The van der Waals surface area contributed by atoms with Gasteiger partial charge in [0.05, 0.1) is 5.69 Å². The van der Waals surface area contributed by atoms with Crippen LogP contribution in [-0.2, 0) is 9.59 Å². The molecular weight excluding hydrogens is 434 g/mol. The van der Waals surface area contributed by atoms with Gasteiger partial charge in [0.2, 0.25) is 5.91 Å². The Hall–Kier alpha value is -3.91. The molecule has 2 aliphatic heterocycles. The van der Waals surface area contributed by atoms with E-state index in [9.17, 15) is 9.59 Å². The van der Waals surface area contributed by atoms with E-state index >= 15 is 0 Å². The van der Waals surface area contributed by atoms with Crippen LogP contribution in [0.4, 0.5) is 11.4 Å². The second-order valence-corrected chi connectivity index (χ2v) is 8.71. The molecule has 2 heterocycles. The summed E-state index contributed by atoms with van der Waals surface area (Å²) in [6.07, 6.45) is 0. The van der Waals surface area contributed by atoms with E-state index in [4.69, 9.17) is 5.10 Å². The zero-order valence-corrected chi connectivity index (χ0v) is 18.9. The summed E-state index contributed by atoms with van der Waals surface area (Å²) in [7, 11) is 0. The number of hydrogen-bond donors (Lipinski definition) is 0. The first kappa shape index (κ1) is 21.0. The lowest BCUT2D eigenvalue weighted by atomic mass is 10.1. The number of Topliss-reactive ketones (excluding diaryl/α,β-unsaturated/α-hetero) is 1. The average Bonchev–Trinajstić information content (AvgIpc) is 3.40. The molecule has 1 spiro atoms. The lowest BCUT2D eigenvalue weighted by molar-refractivity contribution is -0.131. The van der Waals surface area contributed by atoms with E-state index in [1.54, 1.807) is 5.01 Å². The number of amides is 1. The maximum atomic E-state index is 13.0. The number of nitrogens with zero attached hydrogens (tertiary/aromatic N) is 5. The molecule has 8 heteroatoms. The quantitative estimate of drug-likeness (QED) is 0.580. The second-order valence-electron chi connectivity index (χ2n) is 7.58. The predicted molar refractivity (Wildman–Crippen MR) is 132 cm³/mol. The molecule has 164 valence electrons. The number of hydrazone groups is 2. The normalized spacial score (nSPS) is 19.6. The van der Waals surface area contributed by atoms with E-state index in [1.807, 2.05) is 95.9 Å². The Balaban J connectivity index is 1.79. The van der Waals surface area contributed by atoms with Gasteiger partial charge >= 0.3 is 0 Å². The molecule has 0 radical (unpaired) electrons. The van der Waals surface area contributed by atoms with E-state index in [0.29, 0.717) is 10.9 Å². The maximum Gasteiger partial charge on any atom is 0.296 e. The molecule has 0 aliphatic carbocycles. The first-order chi connectivity index (χ1) is 16.0. The minimum absolute atomic E-state index is 0.178. The fourth-order valence-corrected chi connectivity index (χ4v) is 5.21. The van der Waals surface area contributed by atoms with Crippen LogP contribution in [0.1, 0.15) is 19.4 Å². The highest BCUT2D eigenvalue weighted by Crippen LogP contribution is 2.51. The average molecular weight is 456 g/mol. The van der Waals surface area contributed by atoms with Gasteiger partial charge in [0.25, 0.3) is 5.12 Å². The Bertz CT molecular complexity index is 1260. The van der Waals surface area contributed by atoms with E-state index in [-0.39, 0.29) is 11.7 Å². The van der Waals surface area contributed by atoms with Gasteiger partial charge in [0.1, 0.15) is 0 Å². The fraction of sp³-hybridized carbons (Fsp3) is 0.120. The van der Waals surface area contributed by atoms with Crippen molar-refractivity contribution in [2.45, 2.75) is 19.0 Å². The van der Waals surface area contributed by atoms with Crippen LogP contribution in [0.25, 0.3) is 0 Å². The third kappa shape index (κ3) is 3.39. The van der Waals surface area contributed by atoms with Crippen molar-refractivity contribution in [2.24, 2.45) is 10.2 Å². The van der Waals surface area contributed by atoms with Crippen molar-refractivity contribution in [3.05, 3.63) is 96.6 Å². The molecule has 3 aromatic rings. The minimum atomic E-state index is -1.26. The number of para-hydroxylation sites is 2. The van der Waals surface area contributed by atoms with Crippen LogP contribution in [0.2, 0.25) is 0 Å². The summed E-state index contributed by atoms with van der Waals surface area (Å²) in [5.41, 5.74) is 2.39. The number of ketones is 1. The number of rotatable bonds is 4. The second kappa shape index (κ2) is 8.22. The Morgan fingerprint density at radius 1 is 0.758 bits per heavy atom. The van der Waals surface area contributed by atoms with Gasteiger partial charge in [0.15, 0.2) is 16.7 Å². The van der Waals surface area contributed by atoms with Crippen molar-refractivity contribution in [2.75, 3.05) is 9.91 Å². The summed E-state index contributed by atoms with van der Waals surface area (Å²) in [6, 6.07) is 28.9. The highest BCUT2D eigenvalue weighted by atomic mass is 32.2. The standard InChI is InChI=1S/C25H21N5O2S/c1-18(31)24-27-30(22-16-10-5-11-17-22)25(33-24)28(21-14-8-4-9-15-21)23(26-29(25)19(2)32)20-12-6-3-7-13-20/h3-17H,1-2H3. The van der Waals surface area contributed by atoms with Gasteiger partial charge in [-0.15, -0.1) is 5.10 Å². The Morgan fingerprint density at radius 3 is 1.85 bits per heavy atom. The van der Waals surface area contributed by atoms with Crippen LogP contribution in [-0.4, -0.2) is 32.7 Å². The molecular formula is C25H21N5O2S. The van der Waals surface area contributed by atoms with Crippen LogP contribution >= 0.6 is 11.8 Å². The monoisotopic (exact) mass is 455 g/mol. The number of benzene rings is 3. The third-order valence-electron chi connectivity index (χ3n) is 5.32. The highest BCUT2D eigenvalue weighted by Gasteiger charge is 2.61. The first-order valence-electron chi connectivity index (χ1n) is 10.5. The molecule has 0 saturated heterocycles. The lowest BCUT2D eigenvalue weighted by Crippen LogP contribution is -2.63. The van der Waals surface area contributed by atoms with Gasteiger partial charge in [-0.05, 0) is 36.0 Å². The molecule has 1 atom stereocenters. The molecule has 33 heavy (non-hydrogen) atoms. The van der Waals surface area contributed by atoms with Gasteiger partial charge < -0.3 is 0 Å². The van der Waals surface area contributed by atoms with Crippen molar-refractivity contribution in [1.29, 1.82) is 0 Å². The summed E-state index contributed by atoms with van der Waals surface area (Å²) >= 11 is 1.21. The van der Waals surface area contributed by atoms with Gasteiger partial charge in [-0.1, -0.05) is 66.7 Å². The number of anilines is 2. The van der Waals surface area contributed by atoms with Crippen molar-refractivity contribution < 1.29 is 9.59 Å². The van der Waals surface area contributed by atoms with Crippen LogP contribution in [0.15, 0.2) is 101 Å². The highest BCUT2D eigenvalue weighted by molar-refractivity contribution is 8.17. The summed E-state index contributed by atoms with van der Waals surface area (Å²) in [4.78, 5) is 27.5. The molecule has 0 fully saturated rings. The molecule has 0 N–H and O–H groups in total. The molecule has 1 unspecified atom stereocenters. The van der Waals surface area contributed by atoms with E-state index < -0.39 is 5.12 Å². The smallest absolute Gasteiger partial charge is 0.292 e. The van der Waals surface area contributed by atoms with Gasteiger partial charge in [-0.2, -0.15) is 10.1 Å². The summed E-state index contributed by atoms with van der Waals surface area (Å²) in [5.74, 6) is 0.142. The number of hydrogen-bond acceptors (Lipinski definition) is 7. The SMILES string of the molecule is CC(=O)C1=NN(c2ccccc2)C2(S1)N(C(C)=O)N=C(c1ccccc1)N2c1ccccc1. The Labute approximate surface area is 196 Å². The van der Waals surface area contributed by atoms with E-state index in [0.717, 1.165) is 16.9 Å².